The Morgan fingerprint density at radius 2 is 1.86 bits per heavy atom. The fourth-order valence-corrected chi connectivity index (χ4v) is 5.13. The Hall–Kier alpha value is -3.77. The zero-order valence-electron chi connectivity index (χ0n) is 20.6. The third-order valence-corrected chi connectivity index (χ3v) is 6.99. The smallest absolute Gasteiger partial charge is 0.255 e. The van der Waals surface area contributed by atoms with Crippen molar-refractivity contribution < 1.29 is 9.53 Å². The van der Waals surface area contributed by atoms with Crippen molar-refractivity contribution in [2.24, 2.45) is 5.92 Å². The number of aromatic nitrogens is 2. The van der Waals surface area contributed by atoms with E-state index in [0.29, 0.717) is 24.0 Å². The van der Waals surface area contributed by atoms with Crippen LogP contribution in [-0.2, 0) is 0 Å². The lowest BCUT2D eigenvalue weighted by Gasteiger charge is -2.31. The second-order valence-electron chi connectivity index (χ2n) is 9.42. The molecule has 0 spiro atoms. The number of benzene rings is 2. The van der Waals surface area contributed by atoms with Crippen LogP contribution in [-0.4, -0.2) is 35.6 Å². The van der Waals surface area contributed by atoms with Gasteiger partial charge in [0.1, 0.15) is 5.75 Å². The van der Waals surface area contributed by atoms with Gasteiger partial charge in [0.15, 0.2) is 0 Å². The van der Waals surface area contributed by atoms with Gasteiger partial charge in [-0.3, -0.25) is 14.8 Å². The first-order valence-corrected chi connectivity index (χ1v) is 12.7. The molecule has 4 aromatic rings. The molecule has 1 aliphatic rings. The average Bonchev–Trinajstić information content (AvgIpc) is 2.92. The molecule has 2 N–H and O–H groups in total. The number of amides is 1. The van der Waals surface area contributed by atoms with Crippen LogP contribution in [0.5, 0.6) is 5.75 Å². The van der Waals surface area contributed by atoms with Crippen molar-refractivity contribution in [1.29, 1.82) is 0 Å². The molecule has 0 bridgehead atoms. The minimum absolute atomic E-state index is 0.129. The summed E-state index contributed by atoms with van der Waals surface area (Å²) in [6.07, 6.45) is 6.44. The molecule has 36 heavy (non-hydrogen) atoms. The number of nitrogens with zero attached hydrogens (tertiary/aromatic N) is 2. The van der Waals surface area contributed by atoms with Gasteiger partial charge in [-0.1, -0.05) is 18.2 Å². The highest BCUT2D eigenvalue weighted by atomic mass is 16.5. The van der Waals surface area contributed by atoms with Crippen LogP contribution in [0.4, 0.5) is 5.69 Å². The molecule has 0 saturated carbocycles. The molecular weight excluding hydrogens is 448 g/mol. The number of carbonyl (C=O) groups excluding carboxylic acids is 1. The molecule has 0 aliphatic carbocycles. The zero-order chi connectivity index (χ0) is 24.7. The molecule has 1 unspecified atom stereocenters. The number of rotatable bonds is 8. The molecule has 5 rings (SSSR count). The van der Waals surface area contributed by atoms with Gasteiger partial charge < -0.3 is 15.4 Å². The minimum atomic E-state index is -0.129. The lowest BCUT2D eigenvalue weighted by atomic mass is 9.78. The van der Waals surface area contributed by atoms with Crippen LogP contribution in [0.1, 0.15) is 46.8 Å². The SMILES string of the molecule is Cc1ccc2c(OCCC(c3cccc(NC(=O)c4ccncc4)c3)C3CCNCC3)cccc2n1. The average molecular weight is 481 g/mol. The Kier molecular flexibility index (Phi) is 7.52. The summed E-state index contributed by atoms with van der Waals surface area (Å²) in [5.74, 6) is 1.66. The van der Waals surface area contributed by atoms with Crippen LogP contribution in [0.25, 0.3) is 10.9 Å². The molecule has 1 fully saturated rings. The minimum Gasteiger partial charge on any atom is -0.493 e. The van der Waals surface area contributed by atoms with Crippen molar-refractivity contribution in [2.75, 3.05) is 25.0 Å². The Labute approximate surface area is 212 Å². The van der Waals surface area contributed by atoms with Crippen LogP contribution in [0.3, 0.4) is 0 Å². The predicted octanol–water partition coefficient (Wildman–Crippen LogP) is 5.74. The molecule has 184 valence electrons. The van der Waals surface area contributed by atoms with Gasteiger partial charge in [0.25, 0.3) is 5.91 Å². The quantitative estimate of drug-likeness (QED) is 0.336. The summed E-state index contributed by atoms with van der Waals surface area (Å²) in [6.45, 7) is 4.70. The van der Waals surface area contributed by atoms with E-state index in [2.05, 4.69) is 38.8 Å². The first-order valence-electron chi connectivity index (χ1n) is 12.7. The summed E-state index contributed by atoms with van der Waals surface area (Å²) in [7, 11) is 0. The summed E-state index contributed by atoms with van der Waals surface area (Å²) >= 11 is 0. The molecular formula is C30H32N4O2. The summed E-state index contributed by atoms with van der Waals surface area (Å²) in [5.41, 5.74) is 4.61. The van der Waals surface area contributed by atoms with Crippen LogP contribution >= 0.6 is 0 Å². The standard InChI is InChI=1S/C30H32N4O2/c1-21-8-9-27-28(33-21)6-3-7-29(27)36-19-14-26(22-10-15-31-16-11-22)24-4-2-5-25(20-24)34-30(35)23-12-17-32-18-13-23/h2-9,12-13,17-18,20,22,26,31H,10-11,14-16,19H2,1H3,(H,34,35). The van der Waals surface area contributed by atoms with Gasteiger partial charge in [0.05, 0.1) is 12.1 Å². The van der Waals surface area contributed by atoms with E-state index in [1.54, 1.807) is 24.5 Å². The third kappa shape index (κ3) is 5.71. The highest BCUT2D eigenvalue weighted by Gasteiger charge is 2.25. The van der Waals surface area contributed by atoms with Gasteiger partial charge in [-0.15, -0.1) is 0 Å². The highest BCUT2D eigenvalue weighted by Crippen LogP contribution is 2.35. The Morgan fingerprint density at radius 1 is 1.06 bits per heavy atom. The maximum atomic E-state index is 12.7. The molecule has 1 aliphatic heterocycles. The largest absolute Gasteiger partial charge is 0.493 e. The summed E-state index contributed by atoms with van der Waals surface area (Å²) < 4.78 is 6.32. The normalized spacial score (nSPS) is 14.9. The number of anilines is 1. The van der Waals surface area contributed by atoms with Crippen molar-refractivity contribution in [1.82, 2.24) is 15.3 Å². The van der Waals surface area contributed by atoms with Gasteiger partial charge in [0.2, 0.25) is 0 Å². The number of hydrogen-bond donors (Lipinski definition) is 2. The summed E-state index contributed by atoms with van der Waals surface area (Å²) in [6, 6.07) is 21.9. The van der Waals surface area contributed by atoms with Gasteiger partial charge >= 0.3 is 0 Å². The second kappa shape index (κ2) is 11.3. The molecule has 0 radical (unpaired) electrons. The van der Waals surface area contributed by atoms with Crippen molar-refractivity contribution in [3.8, 4) is 5.75 Å². The number of carbonyl (C=O) groups is 1. The van der Waals surface area contributed by atoms with Gasteiger partial charge in [-0.05, 0) is 105 Å². The molecule has 6 heteroatoms. The van der Waals surface area contributed by atoms with E-state index in [9.17, 15) is 4.79 Å². The van der Waals surface area contributed by atoms with Crippen molar-refractivity contribution in [2.45, 2.75) is 32.1 Å². The van der Waals surface area contributed by atoms with Crippen LogP contribution < -0.4 is 15.4 Å². The molecule has 2 aromatic carbocycles. The van der Waals surface area contributed by atoms with E-state index >= 15 is 0 Å². The number of nitrogens with one attached hydrogen (secondary N) is 2. The molecule has 3 heterocycles. The second-order valence-corrected chi connectivity index (χ2v) is 9.42. The molecule has 1 atom stereocenters. The Morgan fingerprint density at radius 3 is 2.69 bits per heavy atom. The number of pyridine rings is 2. The number of hydrogen-bond acceptors (Lipinski definition) is 5. The van der Waals surface area contributed by atoms with Gasteiger partial charge in [-0.25, -0.2) is 0 Å². The number of ether oxygens (including phenoxy) is 1. The predicted molar refractivity (Wildman–Crippen MR) is 144 cm³/mol. The van der Waals surface area contributed by atoms with Crippen LogP contribution in [0.2, 0.25) is 0 Å². The van der Waals surface area contributed by atoms with Crippen LogP contribution in [0.15, 0.2) is 79.1 Å². The maximum Gasteiger partial charge on any atom is 0.255 e. The Balaban J connectivity index is 1.32. The maximum absolute atomic E-state index is 12.7. The number of fused-ring (bicyclic) bond motifs is 1. The lowest BCUT2D eigenvalue weighted by molar-refractivity contribution is 0.102. The summed E-state index contributed by atoms with van der Waals surface area (Å²) in [4.78, 5) is 21.3. The van der Waals surface area contributed by atoms with E-state index in [4.69, 9.17) is 4.74 Å². The topological polar surface area (TPSA) is 76.1 Å². The molecule has 6 nitrogen and oxygen atoms in total. The third-order valence-electron chi connectivity index (χ3n) is 6.99. The number of piperidine rings is 1. The molecule has 2 aromatic heterocycles. The highest BCUT2D eigenvalue weighted by molar-refractivity contribution is 6.04. The lowest BCUT2D eigenvalue weighted by Crippen LogP contribution is -2.31. The van der Waals surface area contributed by atoms with E-state index in [1.807, 2.05) is 43.3 Å². The van der Waals surface area contributed by atoms with E-state index in [-0.39, 0.29) is 5.91 Å². The Bertz CT molecular complexity index is 1320. The van der Waals surface area contributed by atoms with Crippen molar-refractivity contribution in [3.63, 3.8) is 0 Å². The van der Waals surface area contributed by atoms with E-state index in [1.165, 1.54) is 5.56 Å². The first kappa shape index (κ1) is 23.9. The summed E-state index contributed by atoms with van der Waals surface area (Å²) in [5, 5.41) is 7.57. The molecule has 1 amide bonds. The van der Waals surface area contributed by atoms with E-state index < -0.39 is 0 Å². The fourth-order valence-electron chi connectivity index (χ4n) is 5.13. The van der Waals surface area contributed by atoms with Crippen molar-refractivity contribution >= 4 is 22.5 Å². The first-order chi connectivity index (χ1) is 17.7. The van der Waals surface area contributed by atoms with Crippen LogP contribution in [0, 0.1) is 12.8 Å². The zero-order valence-corrected chi connectivity index (χ0v) is 20.6. The number of aryl methyl sites for hydroxylation is 1. The van der Waals surface area contributed by atoms with E-state index in [0.717, 1.165) is 60.4 Å². The monoisotopic (exact) mass is 480 g/mol. The fraction of sp³-hybridized carbons (Fsp3) is 0.300. The van der Waals surface area contributed by atoms with Gasteiger partial charge in [-0.2, -0.15) is 0 Å². The molecule has 1 saturated heterocycles. The van der Waals surface area contributed by atoms with Gasteiger partial charge in [0, 0.05) is 34.7 Å². The van der Waals surface area contributed by atoms with Crippen molar-refractivity contribution in [3.05, 3.63) is 95.9 Å².